The molecule has 126 valence electrons. The predicted octanol–water partition coefficient (Wildman–Crippen LogP) is 3.61. The van der Waals surface area contributed by atoms with Crippen LogP contribution in [0.5, 0.6) is 11.5 Å². The summed E-state index contributed by atoms with van der Waals surface area (Å²) in [6, 6.07) is 6.36. The van der Waals surface area contributed by atoms with E-state index in [0.717, 1.165) is 24.6 Å². The van der Waals surface area contributed by atoms with Crippen molar-refractivity contribution in [3.05, 3.63) is 23.8 Å². The van der Waals surface area contributed by atoms with Gasteiger partial charge < -0.3 is 15.2 Å². The molecule has 0 aliphatic carbocycles. The Bertz CT molecular complexity index is 416. The van der Waals surface area contributed by atoms with Gasteiger partial charge in [-0.3, -0.25) is 4.90 Å². The van der Waals surface area contributed by atoms with Crippen LogP contribution in [-0.4, -0.2) is 38.8 Å². The van der Waals surface area contributed by atoms with Crippen LogP contribution in [0.25, 0.3) is 0 Å². The number of nitrogens with two attached hydrogens (primary N) is 1. The summed E-state index contributed by atoms with van der Waals surface area (Å²) in [6.07, 6.45) is 4.80. The lowest BCUT2D eigenvalue weighted by atomic mass is 10.0. The van der Waals surface area contributed by atoms with Crippen LogP contribution in [0.15, 0.2) is 18.2 Å². The summed E-state index contributed by atoms with van der Waals surface area (Å²) in [5.41, 5.74) is 7.30. The van der Waals surface area contributed by atoms with Crippen molar-refractivity contribution in [1.82, 2.24) is 4.90 Å². The maximum Gasteiger partial charge on any atom is 0.161 e. The van der Waals surface area contributed by atoms with E-state index in [9.17, 15) is 0 Å². The van der Waals surface area contributed by atoms with E-state index in [0.29, 0.717) is 6.54 Å². The first-order chi connectivity index (χ1) is 10.7. The summed E-state index contributed by atoms with van der Waals surface area (Å²) < 4.78 is 10.8. The second-order valence-electron chi connectivity index (χ2n) is 5.61. The van der Waals surface area contributed by atoms with E-state index in [1.165, 1.54) is 31.2 Å². The molecule has 4 heteroatoms. The molecule has 1 aromatic rings. The summed E-state index contributed by atoms with van der Waals surface area (Å²) in [4.78, 5) is 2.51. The number of benzene rings is 1. The van der Waals surface area contributed by atoms with Gasteiger partial charge in [0.1, 0.15) is 0 Å². The minimum atomic E-state index is 0.234. The Morgan fingerprint density at radius 2 is 1.59 bits per heavy atom. The highest BCUT2D eigenvalue weighted by Crippen LogP contribution is 2.31. The topological polar surface area (TPSA) is 47.7 Å². The minimum Gasteiger partial charge on any atom is -0.493 e. The maximum absolute atomic E-state index is 6.10. The first-order valence-electron chi connectivity index (χ1n) is 8.37. The highest BCUT2D eigenvalue weighted by Gasteiger charge is 2.19. The lowest BCUT2D eigenvalue weighted by Gasteiger charge is -2.31. The van der Waals surface area contributed by atoms with E-state index in [1.54, 1.807) is 14.2 Å². The number of hydrogen-bond acceptors (Lipinski definition) is 4. The van der Waals surface area contributed by atoms with Gasteiger partial charge in [0.2, 0.25) is 0 Å². The number of nitrogens with zero attached hydrogens (tertiary/aromatic N) is 1. The predicted molar refractivity (Wildman–Crippen MR) is 92.7 cm³/mol. The summed E-state index contributed by atoms with van der Waals surface area (Å²) in [5, 5.41) is 0. The molecular weight excluding hydrogens is 276 g/mol. The third-order valence-corrected chi connectivity index (χ3v) is 4.05. The fourth-order valence-electron chi connectivity index (χ4n) is 2.70. The van der Waals surface area contributed by atoms with Crippen molar-refractivity contribution < 1.29 is 9.47 Å². The number of unbranched alkanes of at least 4 members (excludes halogenated alkanes) is 2. The van der Waals surface area contributed by atoms with E-state index < -0.39 is 0 Å². The first kappa shape index (κ1) is 18.8. The fourth-order valence-corrected chi connectivity index (χ4v) is 2.70. The van der Waals surface area contributed by atoms with Crippen molar-refractivity contribution in [3.63, 3.8) is 0 Å². The molecule has 0 radical (unpaired) electrons. The average molecular weight is 308 g/mol. The Hall–Kier alpha value is -1.26. The van der Waals surface area contributed by atoms with Crippen LogP contribution in [0.3, 0.4) is 0 Å². The monoisotopic (exact) mass is 308 g/mol. The van der Waals surface area contributed by atoms with E-state index in [4.69, 9.17) is 15.2 Å². The molecule has 0 aromatic heterocycles. The first-order valence-corrected chi connectivity index (χ1v) is 8.37. The van der Waals surface area contributed by atoms with Gasteiger partial charge in [-0.2, -0.15) is 0 Å². The van der Waals surface area contributed by atoms with Gasteiger partial charge in [0.25, 0.3) is 0 Å². The summed E-state index contributed by atoms with van der Waals surface area (Å²) >= 11 is 0. The zero-order valence-corrected chi connectivity index (χ0v) is 14.6. The normalized spacial score (nSPS) is 12.5. The molecular formula is C18H32N2O2. The van der Waals surface area contributed by atoms with Gasteiger partial charge >= 0.3 is 0 Å². The van der Waals surface area contributed by atoms with Crippen LogP contribution >= 0.6 is 0 Å². The van der Waals surface area contributed by atoms with Crippen molar-refractivity contribution in [3.8, 4) is 11.5 Å². The van der Waals surface area contributed by atoms with Crippen LogP contribution in [-0.2, 0) is 0 Å². The summed E-state index contributed by atoms with van der Waals surface area (Å²) in [6.45, 7) is 7.25. The molecule has 0 fully saturated rings. The molecule has 4 nitrogen and oxygen atoms in total. The van der Waals surface area contributed by atoms with Gasteiger partial charge in [0.05, 0.1) is 14.2 Å². The third kappa shape index (κ3) is 5.18. The van der Waals surface area contributed by atoms with Gasteiger partial charge in [-0.05, 0) is 43.6 Å². The van der Waals surface area contributed by atoms with Crippen molar-refractivity contribution in [1.29, 1.82) is 0 Å². The molecule has 0 spiro atoms. The van der Waals surface area contributed by atoms with E-state index in [1.807, 2.05) is 6.07 Å². The lowest BCUT2D eigenvalue weighted by molar-refractivity contribution is 0.195. The highest BCUT2D eigenvalue weighted by molar-refractivity contribution is 5.43. The lowest BCUT2D eigenvalue weighted by Crippen LogP contribution is -2.35. The second-order valence-corrected chi connectivity index (χ2v) is 5.61. The molecule has 0 aliphatic heterocycles. The van der Waals surface area contributed by atoms with Gasteiger partial charge in [0, 0.05) is 12.6 Å². The molecule has 22 heavy (non-hydrogen) atoms. The average Bonchev–Trinajstić information content (AvgIpc) is 2.56. The number of ether oxygens (including phenoxy) is 2. The molecule has 1 rings (SSSR count). The maximum atomic E-state index is 6.10. The van der Waals surface area contributed by atoms with Gasteiger partial charge in [-0.15, -0.1) is 0 Å². The Morgan fingerprint density at radius 3 is 2.05 bits per heavy atom. The van der Waals surface area contributed by atoms with Crippen LogP contribution in [0.4, 0.5) is 0 Å². The van der Waals surface area contributed by atoms with Crippen LogP contribution < -0.4 is 15.2 Å². The van der Waals surface area contributed by atoms with Crippen molar-refractivity contribution in [2.75, 3.05) is 33.9 Å². The second kappa shape index (κ2) is 10.5. The molecule has 0 saturated carbocycles. The Kier molecular flexibility index (Phi) is 8.94. The molecule has 0 heterocycles. The number of methoxy groups -OCH3 is 2. The summed E-state index contributed by atoms with van der Waals surface area (Å²) in [5.74, 6) is 1.53. The van der Waals surface area contributed by atoms with E-state index in [2.05, 4.69) is 30.9 Å². The Balaban J connectivity index is 2.98. The molecule has 1 aromatic carbocycles. The third-order valence-electron chi connectivity index (χ3n) is 4.05. The standard InChI is InChI=1S/C18H32N2O2/c1-5-7-11-20(12-8-6-2)16(14-19)15-9-10-17(21-3)18(13-15)22-4/h9-10,13,16H,5-8,11-12,14,19H2,1-4H3. The molecule has 0 saturated heterocycles. The molecule has 1 unspecified atom stereocenters. The van der Waals surface area contributed by atoms with Gasteiger partial charge in [-0.25, -0.2) is 0 Å². The van der Waals surface area contributed by atoms with Crippen LogP contribution in [0.2, 0.25) is 0 Å². The fraction of sp³-hybridized carbons (Fsp3) is 0.667. The molecule has 0 amide bonds. The van der Waals surface area contributed by atoms with Crippen molar-refractivity contribution in [2.24, 2.45) is 5.73 Å². The molecule has 1 atom stereocenters. The van der Waals surface area contributed by atoms with Gasteiger partial charge in [-0.1, -0.05) is 32.8 Å². The van der Waals surface area contributed by atoms with Crippen LogP contribution in [0, 0.1) is 0 Å². The summed E-state index contributed by atoms with van der Waals surface area (Å²) in [7, 11) is 3.33. The minimum absolute atomic E-state index is 0.234. The quantitative estimate of drug-likeness (QED) is 0.678. The largest absolute Gasteiger partial charge is 0.493 e. The Labute approximate surface area is 135 Å². The van der Waals surface area contributed by atoms with E-state index in [-0.39, 0.29) is 6.04 Å². The van der Waals surface area contributed by atoms with Crippen molar-refractivity contribution >= 4 is 0 Å². The number of hydrogen-bond donors (Lipinski definition) is 1. The molecule has 0 aliphatic rings. The van der Waals surface area contributed by atoms with Gasteiger partial charge in [0.15, 0.2) is 11.5 Å². The number of rotatable bonds is 11. The molecule has 0 bridgehead atoms. The smallest absolute Gasteiger partial charge is 0.161 e. The SMILES string of the molecule is CCCCN(CCCC)C(CN)c1ccc(OC)c(OC)c1. The molecule has 2 N–H and O–H groups in total. The Morgan fingerprint density at radius 1 is 1.00 bits per heavy atom. The zero-order valence-electron chi connectivity index (χ0n) is 14.6. The highest BCUT2D eigenvalue weighted by atomic mass is 16.5. The van der Waals surface area contributed by atoms with Crippen molar-refractivity contribution in [2.45, 2.75) is 45.6 Å². The van der Waals surface area contributed by atoms with Crippen LogP contribution in [0.1, 0.15) is 51.1 Å². The zero-order chi connectivity index (χ0) is 16.4. The van der Waals surface area contributed by atoms with E-state index >= 15 is 0 Å².